The van der Waals surface area contributed by atoms with Crippen molar-refractivity contribution in [2.75, 3.05) is 43.9 Å². The maximum atomic E-state index is 12.5. The van der Waals surface area contributed by atoms with Crippen LogP contribution >= 0.6 is 0 Å². The van der Waals surface area contributed by atoms with E-state index in [1.165, 1.54) is 0 Å². The summed E-state index contributed by atoms with van der Waals surface area (Å²) in [4.78, 5) is 16.7. The molecule has 0 aliphatic carbocycles. The van der Waals surface area contributed by atoms with E-state index in [0.29, 0.717) is 12.8 Å². The van der Waals surface area contributed by atoms with Crippen LogP contribution in [0.1, 0.15) is 12.0 Å². The number of carbonyl (C=O) groups excluding carboxylic acids is 1. The van der Waals surface area contributed by atoms with Crippen LogP contribution in [-0.4, -0.2) is 44.1 Å². The van der Waals surface area contributed by atoms with Gasteiger partial charge in [0.25, 0.3) is 0 Å². The molecule has 0 saturated carbocycles. The Morgan fingerprint density at radius 1 is 1.08 bits per heavy atom. The molecule has 0 atom stereocenters. The Balaban J connectivity index is 1.51. The molecule has 1 aliphatic rings. The lowest BCUT2D eigenvalue weighted by Crippen LogP contribution is -2.48. The Morgan fingerprint density at radius 2 is 1.84 bits per heavy atom. The SMILES string of the molecule is COc1cccc(N2CCN(C(=O)CCc3ccccc3N)CC2)c1. The number of carbonyl (C=O) groups is 1. The molecule has 25 heavy (non-hydrogen) atoms. The number of anilines is 2. The number of piperazine rings is 1. The van der Waals surface area contributed by atoms with Gasteiger partial charge in [-0.3, -0.25) is 4.79 Å². The van der Waals surface area contributed by atoms with Crippen molar-refractivity contribution in [2.45, 2.75) is 12.8 Å². The van der Waals surface area contributed by atoms with Crippen molar-refractivity contribution in [3.8, 4) is 5.75 Å². The Kier molecular flexibility index (Phi) is 5.43. The molecule has 1 aliphatic heterocycles. The fourth-order valence-electron chi connectivity index (χ4n) is 3.18. The molecule has 1 heterocycles. The van der Waals surface area contributed by atoms with Crippen molar-refractivity contribution in [1.29, 1.82) is 0 Å². The molecule has 1 saturated heterocycles. The Bertz CT molecular complexity index is 724. The number of amides is 1. The number of aryl methyl sites for hydroxylation is 1. The van der Waals surface area contributed by atoms with Gasteiger partial charge in [-0.2, -0.15) is 0 Å². The minimum atomic E-state index is 0.202. The second-order valence-corrected chi connectivity index (χ2v) is 6.27. The average Bonchev–Trinajstić information content (AvgIpc) is 2.67. The van der Waals surface area contributed by atoms with E-state index in [9.17, 15) is 4.79 Å². The first-order valence-corrected chi connectivity index (χ1v) is 8.67. The van der Waals surface area contributed by atoms with Crippen LogP contribution in [0.15, 0.2) is 48.5 Å². The zero-order chi connectivity index (χ0) is 17.6. The Morgan fingerprint density at radius 3 is 2.56 bits per heavy atom. The van der Waals surface area contributed by atoms with E-state index in [1.807, 2.05) is 47.4 Å². The third kappa shape index (κ3) is 4.24. The first kappa shape index (κ1) is 17.1. The highest BCUT2D eigenvalue weighted by Crippen LogP contribution is 2.22. The van der Waals surface area contributed by atoms with Crippen molar-refractivity contribution in [3.05, 3.63) is 54.1 Å². The van der Waals surface area contributed by atoms with E-state index < -0.39 is 0 Å². The molecule has 5 nitrogen and oxygen atoms in total. The van der Waals surface area contributed by atoms with Gasteiger partial charge in [0, 0.05) is 50.0 Å². The molecule has 0 unspecified atom stereocenters. The molecular weight excluding hydrogens is 314 g/mol. The second-order valence-electron chi connectivity index (χ2n) is 6.27. The first-order chi connectivity index (χ1) is 12.2. The normalized spacial score (nSPS) is 14.4. The van der Waals surface area contributed by atoms with Crippen molar-refractivity contribution >= 4 is 17.3 Å². The molecule has 1 fully saturated rings. The number of methoxy groups -OCH3 is 1. The summed E-state index contributed by atoms with van der Waals surface area (Å²) in [6, 6.07) is 15.8. The third-order valence-corrected chi connectivity index (χ3v) is 4.71. The van der Waals surface area contributed by atoms with E-state index in [-0.39, 0.29) is 5.91 Å². The van der Waals surface area contributed by atoms with Crippen LogP contribution in [0.3, 0.4) is 0 Å². The molecule has 2 aromatic rings. The number of benzene rings is 2. The topological polar surface area (TPSA) is 58.8 Å². The number of hydrogen-bond donors (Lipinski definition) is 1. The smallest absolute Gasteiger partial charge is 0.223 e. The van der Waals surface area contributed by atoms with E-state index in [4.69, 9.17) is 10.5 Å². The first-order valence-electron chi connectivity index (χ1n) is 8.67. The lowest BCUT2D eigenvalue weighted by Gasteiger charge is -2.36. The van der Waals surface area contributed by atoms with Crippen molar-refractivity contribution in [3.63, 3.8) is 0 Å². The fourth-order valence-corrected chi connectivity index (χ4v) is 3.18. The highest BCUT2D eigenvalue weighted by Gasteiger charge is 2.21. The summed E-state index contributed by atoms with van der Waals surface area (Å²) in [5.74, 6) is 1.06. The predicted molar refractivity (Wildman–Crippen MR) is 101 cm³/mol. The minimum absolute atomic E-state index is 0.202. The summed E-state index contributed by atoms with van der Waals surface area (Å²) in [6.45, 7) is 3.18. The fraction of sp³-hybridized carbons (Fsp3) is 0.350. The monoisotopic (exact) mass is 339 g/mol. The van der Waals surface area contributed by atoms with Crippen LogP contribution in [0.2, 0.25) is 0 Å². The van der Waals surface area contributed by atoms with E-state index in [2.05, 4.69) is 11.0 Å². The summed E-state index contributed by atoms with van der Waals surface area (Å²) in [5, 5.41) is 0. The quantitative estimate of drug-likeness (QED) is 0.851. The van der Waals surface area contributed by atoms with Crippen molar-refractivity contribution in [1.82, 2.24) is 4.90 Å². The number of rotatable bonds is 5. The van der Waals surface area contributed by atoms with Gasteiger partial charge in [0.05, 0.1) is 7.11 Å². The van der Waals surface area contributed by atoms with Gasteiger partial charge in [0.1, 0.15) is 5.75 Å². The summed E-state index contributed by atoms with van der Waals surface area (Å²) in [7, 11) is 1.68. The lowest BCUT2D eigenvalue weighted by atomic mass is 10.1. The highest BCUT2D eigenvalue weighted by molar-refractivity contribution is 5.77. The van der Waals surface area contributed by atoms with Crippen LogP contribution in [0.5, 0.6) is 5.75 Å². The zero-order valence-electron chi connectivity index (χ0n) is 14.6. The number of nitrogens with two attached hydrogens (primary N) is 1. The number of para-hydroxylation sites is 1. The molecule has 2 aromatic carbocycles. The van der Waals surface area contributed by atoms with Gasteiger partial charge in [-0.15, -0.1) is 0 Å². The molecular formula is C20H25N3O2. The molecule has 3 rings (SSSR count). The van der Waals surface area contributed by atoms with Crippen LogP contribution in [0.4, 0.5) is 11.4 Å². The number of ether oxygens (including phenoxy) is 1. The van der Waals surface area contributed by atoms with Gasteiger partial charge >= 0.3 is 0 Å². The molecule has 2 N–H and O–H groups in total. The molecule has 5 heteroatoms. The molecule has 0 aromatic heterocycles. The van der Waals surface area contributed by atoms with Gasteiger partial charge in [-0.25, -0.2) is 0 Å². The van der Waals surface area contributed by atoms with E-state index >= 15 is 0 Å². The number of nitrogens with zero attached hydrogens (tertiary/aromatic N) is 2. The number of nitrogen functional groups attached to an aromatic ring is 1. The Hall–Kier alpha value is -2.69. The van der Waals surface area contributed by atoms with Crippen LogP contribution in [0.25, 0.3) is 0 Å². The van der Waals surface area contributed by atoms with Gasteiger partial charge < -0.3 is 20.3 Å². The zero-order valence-corrected chi connectivity index (χ0v) is 14.6. The van der Waals surface area contributed by atoms with Gasteiger partial charge in [-0.1, -0.05) is 24.3 Å². The lowest BCUT2D eigenvalue weighted by molar-refractivity contribution is -0.131. The van der Waals surface area contributed by atoms with E-state index in [0.717, 1.165) is 48.9 Å². The van der Waals surface area contributed by atoms with Gasteiger partial charge in [0.15, 0.2) is 0 Å². The summed E-state index contributed by atoms with van der Waals surface area (Å²) >= 11 is 0. The van der Waals surface area contributed by atoms with Crippen LogP contribution in [0, 0.1) is 0 Å². The largest absolute Gasteiger partial charge is 0.497 e. The molecule has 0 radical (unpaired) electrons. The molecule has 132 valence electrons. The predicted octanol–water partition coefficient (Wildman–Crippen LogP) is 2.56. The van der Waals surface area contributed by atoms with Crippen molar-refractivity contribution in [2.24, 2.45) is 0 Å². The van der Waals surface area contributed by atoms with Crippen molar-refractivity contribution < 1.29 is 9.53 Å². The summed E-state index contributed by atoms with van der Waals surface area (Å²) < 4.78 is 5.29. The maximum Gasteiger partial charge on any atom is 0.223 e. The standard InChI is InChI=1S/C20H25N3O2/c1-25-18-7-4-6-17(15-18)22-11-13-23(14-12-22)20(24)10-9-16-5-2-3-8-19(16)21/h2-8,15H,9-14,21H2,1H3. The maximum absolute atomic E-state index is 12.5. The highest BCUT2D eigenvalue weighted by atomic mass is 16.5. The average molecular weight is 339 g/mol. The Labute approximate surface area is 149 Å². The van der Waals surface area contributed by atoms with Gasteiger partial charge in [-0.05, 0) is 30.2 Å². The molecule has 0 bridgehead atoms. The van der Waals surface area contributed by atoms with Gasteiger partial charge in [0.2, 0.25) is 5.91 Å². The van der Waals surface area contributed by atoms with Crippen LogP contribution < -0.4 is 15.4 Å². The minimum Gasteiger partial charge on any atom is -0.497 e. The molecule has 0 spiro atoms. The second kappa shape index (κ2) is 7.92. The van der Waals surface area contributed by atoms with Crippen LogP contribution in [-0.2, 0) is 11.2 Å². The third-order valence-electron chi connectivity index (χ3n) is 4.71. The van der Waals surface area contributed by atoms with E-state index in [1.54, 1.807) is 7.11 Å². The summed E-state index contributed by atoms with van der Waals surface area (Å²) in [5.41, 5.74) is 8.90. The summed E-state index contributed by atoms with van der Waals surface area (Å²) in [6.07, 6.45) is 1.20. The number of hydrogen-bond acceptors (Lipinski definition) is 4. The molecule has 1 amide bonds.